The van der Waals surface area contributed by atoms with Gasteiger partial charge < -0.3 is 10.1 Å². The van der Waals surface area contributed by atoms with Crippen molar-refractivity contribution in [2.24, 2.45) is 0 Å². The van der Waals surface area contributed by atoms with E-state index in [0.29, 0.717) is 16.9 Å². The van der Waals surface area contributed by atoms with Gasteiger partial charge in [-0.05, 0) is 29.8 Å². The largest absolute Gasteiger partial charge is 0.494 e. The van der Waals surface area contributed by atoms with E-state index in [4.69, 9.17) is 4.74 Å². The zero-order valence-corrected chi connectivity index (χ0v) is 12.9. The van der Waals surface area contributed by atoms with Crippen LogP contribution >= 0.6 is 0 Å². The van der Waals surface area contributed by atoms with Crippen LogP contribution in [0.1, 0.15) is 5.56 Å². The SMILES string of the molecule is COc1ccc(CC(=O)Nc2ccccc2-n2cncn2)cc1F. The molecule has 1 amide bonds. The number of carbonyl (C=O) groups excluding carboxylic acids is 1. The third kappa shape index (κ3) is 3.40. The molecule has 3 aromatic rings. The third-order valence-electron chi connectivity index (χ3n) is 3.42. The summed E-state index contributed by atoms with van der Waals surface area (Å²) >= 11 is 0. The van der Waals surface area contributed by atoms with Crippen molar-refractivity contribution >= 4 is 11.6 Å². The number of methoxy groups -OCH3 is 1. The maximum absolute atomic E-state index is 13.7. The smallest absolute Gasteiger partial charge is 0.228 e. The fraction of sp³-hybridized carbons (Fsp3) is 0.118. The molecule has 1 aromatic heterocycles. The molecular formula is C17H15FN4O2. The van der Waals surface area contributed by atoms with Crippen LogP contribution in [-0.4, -0.2) is 27.8 Å². The first-order valence-corrected chi connectivity index (χ1v) is 7.23. The molecule has 0 spiro atoms. The van der Waals surface area contributed by atoms with Gasteiger partial charge >= 0.3 is 0 Å². The van der Waals surface area contributed by atoms with E-state index in [2.05, 4.69) is 15.4 Å². The van der Waals surface area contributed by atoms with E-state index in [1.807, 2.05) is 18.2 Å². The van der Waals surface area contributed by atoms with Crippen molar-refractivity contribution in [3.63, 3.8) is 0 Å². The number of nitrogens with one attached hydrogen (secondary N) is 1. The Balaban J connectivity index is 1.75. The number of nitrogens with zero attached hydrogens (tertiary/aromatic N) is 3. The fourth-order valence-corrected chi connectivity index (χ4v) is 2.31. The second-order valence-corrected chi connectivity index (χ2v) is 5.05. The minimum atomic E-state index is -0.495. The van der Waals surface area contributed by atoms with Crippen LogP contribution in [0.2, 0.25) is 0 Å². The van der Waals surface area contributed by atoms with Crippen LogP contribution in [-0.2, 0) is 11.2 Å². The van der Waals surface area contributed by atoms with E-state index in [1.54, 1.807) is 23.1 Å². The number of para-hydroxylation sites is 2. The summed E-state index contributed by atoms with van der Waals surface area (Å²) in [5.41, 5.74) is 1.86. The van der Waals surface area contributed by atoms with Gasteiger partial charge in [-0.25, -0.2) is 14.1 Å². The molecule has 0 atom stereocenters. The maximum Gasteiger partial charge on any atom is 0.228 e. The summed E-state index contributed by atoms with van der Waals surface area (Å²) in [5.74, 6) is -0.603. The molecule has 0 bridgehead atoms. The highest BCUT2D eigenvalue weighted by Gasteiger charge is 2.11. The number of carbonyl (C=O) groups is 1. The molecule has 6 nitrogen and oxygen atoms in total. The second-order valence-electron chi connectivity index (χ2n) is 5.05. The van der Waals surface area contributed by atoms with Crippen molar-refractivity contribution in [2.75, 3.05) is 12.4 Å². The first kappa shape index (κ1) is 15.7. The van der Waals surface area contributed by atoms with E-state index < -0.39 is 5.82 Å². The molecule has 3 rings (SSSR count). The lowest BCUT2D eigenvalue weighted by atomic mass is 10.1. The summed E-state index contributed by atoms with van der Waals surface area (Å²) in [4.78, 5) is 16.2. The predicted molar refractivity (Wildman–Crippen MR) is 86.6 cm³/mol. The summed E-state index contributed by atoms with van der Waals surface area (Å²) in [5, 5.41) is 6.87. The molecule has 7 heteroatoms. The van der Waals surface area contributed by atoms with Crippen molar-refractivity contribution < 1.29 is 13.9 Å². The van der Waals surface area contributed by atoms with Crippen LogP contribution in [0.5, 0.6) is 5.75 Å². The zero-order chi connectivity index (χ0) is 16.9. The molecule has 1 N–H and O–H groups in total. The van der Waals surface area contributed by atoms with Crippen LogP contribution in [0.15, 0.2) is 55.1 Å². The molecule has 2 aromatic carbocycles. The summed E-state index contributed by atoms with van der Waals surface area (Å²) in [6.07, 6.45) is 3.01. The zero-order valence-electron chi connectivity index (χ0n) is 12.9. The van der Waals surface area contributed by atoms with Crippen molar-refractivity contribution in [2.45, 2.75) is 6.42 Å². The topological polar surface area (TPSA) is 69.0 Å². The van der Waals surface area contributed by atoms with Gasteiger partial charge in [0.15, 0.2) is 11.6 Å². The molecule has 0 unspecified atom stereocenters. The Morgan fingerprint density at radius 1 is 1.29 bits per heavy atom. The van der Waals surface area contributed by atoms with Crippen molar-refractivity contribution in [3.8, 4) is 11.4 Å². The Morgan fingerprint density at radius 2 is 2.12 bits per heavy atom. The van der Waals surface area contributed by atoms with Gasteiger partial charge in [-0.1, -0.05) is 18.2 Å². The van der Waals surface area contributed by atoms with Gasteiger partial charge in [-0.15, -0.1) is 0 Å². The number of benzene rings is 2. The summed E-state index contributed by atoms with van der Waals surface area (Å²) in [7, 11) is 1.39. The molecule has 0 saturated carbocycles. The number of rotatable bonds is 5. The van der Waals surface area contributed by atoms with E-state index in [-0.39, 0.29) is 18.1 Å². The highest BCUT2D eigenvalue weighted by molar-refractivity contribution is 5.94. The van der Waals surface area contributed by atoms with Crippen molar-refractivity contribution in [3.05, 3.63) is 66.5 Å². The van der Waals surface area contributed by atoms with Crippen molar-refractivity contribution in [1.29, 1.82) is 0 Å². The molecule has 0 radical (unpaired) electrons. The van der Waals surface area contributed by atoms with Gasteiger partial charge in [0.2, 0.25) is 5.91 Å². The van der Waals surface area contributed by atoms with E-state index in [9.17, 15) is 9.18 Å². The van der Waals surface area contributed by atoms with Gasteiger partial charge in [0.1, 0.15) is 12.7 Å². The number of amides is 1. The van der Waals surface area contributed by atoms with Crippen LogP contribution in [0.3, 0.4) is 0 Å². The first-order valence-electron chi connectivity index (χ1n) is 7.23. The first-order chi connectivity index (χ1) is 11.7. The van der Waals surface area contributed by atoms with Crippen LogP contribution in [0.25, 0.3) is 5.69 Å². The van der Waals surface area contributed by atoms with Gasteiger partial charge in [0.05, 0.1) is 24.9 Å². The summed E-state index contributed by atoms with van der Waals surface area (Å²) in [6.45, 7) is 0. The second kappa shape index (κ2) is 6.91. The molecule has 24 heavy (non-hydrogen) atoms. The van der Waals surface area contributed by atoms with E-state index in [1.165, 1.54) is 25.6 Å². The van der Waals surface area contributed by atoms with Gasteiger partial charge in [-0.3, -0.25) is 4.79 Å². The molecule has 122 valence electrons. The highest BCUT2D eigenvalue weighted by Crippen LogP contribution is 2.20. The van der Waals surface area contributed by atoms with Crippen LogP contribution in [0, 0.1) is 5.82 Å². The average molecular weight is 326 g/mol. The monoisotopic (exact) mass is 326 g/mol. The Bertz CT molecular complexity index is 850. The van der Waals surface area contributed by atoms with Gasteiger partial charge in [0, 0.05) is 0 Å². The molecule has 0 aliphatic heterocycles. The molecule has 0 aliphatic carbocycles. The third-order valence-corrected chi connectivity index (χ3v) is 3.42. The fourth-order valence-electron chi connectivity index (χ4n) is 2.31. The number of hydrogen-bond donors (Lipinski definition) is 1. The Hall–Kier alpha value is -3.22. The number of ether oxygens (including phenoxy) is 1. The minimum Gasteiger partial charge on any atom is -0.494 e. The maximum atomic E-state index is 13.7. The van der Waals surface area contributed by atoms with E-state index in [0.717, 1.165) is 0 Å². The lowest BCUT2D eigenvalue weighted by Gasteiger charge is -2.11. The molecule has 0 aliphatic rings. The molecule has 1 heterocycles. The normalized spacial score (nSPS) is 10.4. The lowest BCUT2D eigenvalue weighted by molar-refractivity contribution is -0.115. The Morgan fingerprint density at radius 3 is 2.83 bits per heavy atom. The van der Waals surface area contributed by atoms with Crippen LogP contribution < -0.4 is 10.1 Å². The quantitative estimate of drug-likeness (QED) is 0.782. The highest BCUT2D eigenvalue weighted by atomic mass is 19.1. The summed E-state index contributed by atoms with van der Waals surface area (Å²) in [6, 6.07) is 11.7. The molecule has 0 fully saturated rings. The predicted octanol–water partition coefficient (Wildman–Crippen LogP) is 2.60. The van der Waals surface area contributed by atoms with Crippen molar-refractivity contribution in [1.82, 2.24) is 14.8 Å². The number of aromatic nitrogens is 3. The standard InChI is InChI=1S/C17H15FN4O2/c1-24-16-7-6-12(8-13(16)18)9-17(23)21-14-4-2-3-5-15(14)22-11-19-10-20-22/h2-8,10-11H,9H2,1H3,(H,21,23). The van der Waals surface area contributed by atoms with Gasteiger partial charge in [-0.2, -0.15) is 5.10 Å². The van der Waals surface area contributed by atoms with Crippen LogP contribution in [0.4, 0.5) is 10.1 Å². The van der Waals surface area contributed by atoms with E-state index >= 15 is 0 Å². The number of anilines is 1. The molecular weight excluding hydrogens is 311 g/mol. The number of hydrogen-bond acceptors (Lipinski definition) is 4. The summed E-state index contributed by atoms with van der Waals surface area (Å²) < 4.78 is 20.1. The number of halogens is 1. The lowest BCUT2D eigenvalue weighted by Crippen LogP contribution is -2.16. The Kier molecular flexibility index (Phi) is 4.51. The molecule has 0 saturated heterocycles. The average Bonchev–Trinajstić information content (AvgIpc) is 3.10. The van der Waals surface area contributed by atoms with Gasteiger partial charge in [0.25, 0.3) is 0 Å². The minimum absolute atomic E-state index is 0.0482. The Labute approximate surface area is 137 Å².